The molecule has 0 unspecified atom stereocenters. The van der Waals surface area contributed by atoms with E-state index in [1.165, 1.54) is 0 Å². The maximum Gasteiger partial charge on any atom is 0.255 e. The SMILES string of the molecule is C#CCCCOc1c(F)ccc(NC(=O)c2ccc3nc(C)ccc3c2)c1F. The minimum Gasteiger partial charge on any atom is -0.488 e. The second-order valence-corrected chi connectivity index (χ2v) is 6.21. The Balaban J connectivity index is 1.80. The smallest absolute Gasteiger partial charge is 0.255 e. The summed E-state index contributed by atoms with van der Waals surface area (Å²) >= 11 is 0. The molecule has 0 atom stereocenters. The summed E-state index contributed by atoms with van der Waals surface area (Å²) in [7, 11) is 0. The van der Waals surface area contributed by atoms with Crippen LogP contribution >= 0.6 is 0 Å². The number of fused-ring (bicyclic) bond motifs is 1. The normalized spacial score (nSPS) is 10.5. The van der Waals surface area contributed by atoms with Crippen LogP contribution in [0.2, 0.25) is 0 Å². The summed E-state index contributed by atoms with van der Waals surface area (Å²) in [6, 6.07) is 10.9. The lowest BCUT2D eigenvalue weighted by molar-refractivity contribution is 0.102. The first kappa shape index (κ1) is 19.3. The highest BCUT2D eigenvalue weighted by molar-refractivity contribution is 6.06. The average Bonchev–Trinajstić information content (AvgIpc) is 2.69. The number of anilines is 1. The number of pyridine rings is 1. The molecule has 142 valence electrons. The van der Waals surface area contributed by atoms with Crippen molar-refractivity contribution in [2.75, 3.05) is 11.9 Å². The molecular formula is C22H18F2N2O2. The molecule has 1 aromatic heterocycles. The zero-order valence-corrected chi connectivity index (χ0v) is 15.3. The summed E-state index contributed by atoms with van der Waals surface area (Å²) in [5.41, 5.74) is 1.79. The lowest BCUT2D eigenvalue weighted by Gasteiger charge is -2.12. The van der Waals surface area contributed by atoms with Crippen LogP contribution in [0.5, 0.6) is 5.75 Å². The van der Waals surface area contributed by atoms with Crippen molar-refractivity contribution >= 4 is 22.5 Å². The van der Waals surface area contributed by atoms with Crippen molar-refractivity contribution in [3.05, 3.63) is 65.4 Å². The second-order valence-electron chi connectivity index (χ2n) is 6.21. The van der Waals surface area contributed by atoms with Gasteiger partial charge in [0.2, 0.25) is 0 Å². The first-order valence-corrected chi connectivity index (χ1v) is 8.72. The van der Waals surface area contributed by atoms with E-state index in [-0.39, 0.29) is 12.3 Å². The Bertz CT molecular complexity index is 1070. The molecule has 0 aliphatic rings. The number of nitrogens with zero attached hydrogens (tertiary/aromatic N) is 1. The van der Waals surface area contributed by atoms with Gasteiger partial charge >= 0.3 is 0 Å². The van der Waals surface area contributed by atoms with E-state index in [1.54, 1.807) is 18.2 Å². The highest BCUT2D eigenvalue weighted by atomic mass is 19.1. The molecule has 0 saturated heterocycles. The van der Waals surface area contributed by atoms with Gasteiger partial charge in [0.1, 0.15) is 0 Å². The van der Waals surface area contributed by atoms with E-state index in [4.69, 9.17) is 11.2 Å². The number of rotatable bonds is 6. The van der Waals surface area contributed by atoms with Crippen molar-refractivity contribution in [2.24, 2.45) is 0 Å². The predicted molar refractivity (Wildman–Crippen MR) is 104 cm³/mol. The lowest BCUT2D eigenvalue weighted by Crippen LogP contribution is -2.14. The van der Waals surface area contributed by atoms with E-state index in [1.807, 2.05) is 19.1 Å². The first-order chi connectivity index (χ1) is 13.5. The zero-order valence-electron chi connectivity index (χ0n) is 15.3. The van der Waals surface area contributed by atoms with Gasteiger partial charge in [-0.25, -0.2) is 8.78 Å². The third-order valence-electron chi connectivity index (χ3n) is 4.10. The number of hydrogen-bond acceptors (Lipinski definition) is 3. The van der Waals surface area contributed by atoms with Crippen LogP contribution in [0.3, 0.4) is 0 Å². The molecule has 0 spiro atoms. The van der Waals surface area contributed by atoms with Crippen LogP contribution in [0.4, 0.5) is 14.5 Å². The fourth-order valence-corrected chi connectivity index (χ4v) is 2.67. The van der Waals surface area contributed by atoms with Crippen LogP contribution < -0.4 is 10.1 Å². The van der Waals surface area contributed by atoms with E-state index in [0.717, 1.165) is 28.7 Å². The van der Waals surface area contributed by atoms with Crippen LogP contribution in [0.1, 0.15) is 28.9 Å². The number of carbonyl (C=O) groups is 1. The molecule has 6 heteroatoms. The molecule has 0 bridgehead atoms. The second kappa shape index (κ2) is 8.49. The van der Waals surface area contributed by atoms with Gasteiger partial charge in [-0.15, -0.1) is 12.3 Å². The maximum absolute atomic E-state index is 14.6. The third-order valence-corrected chi connectivity index (χ3v) is 4.10. The fraction of sp³-hybridized carbons (Fsp3) is 0.182. The van der Waals surface area contributed by atoms with E-state index in [2.05, 4.69) is 16.2 Å². The average molecular weight is 380 g/mol. The fourth-order valence-electron chi connectivity index (χ4n) is 2.67. The number of nitrogens with one attached hydrogen (secondary N) is 1. The van der Waals surface area contributed by atoms with Crippen LogP contribution in [0.25, 0.3) is 10.9 Å². The summed E-state index contributed by atoms with van der Waals surface area (Å²) in [6.07, 6.45) is 6.05. The number of amides is 1. The number of unbranched alkanes of at least 4 members (excludes halogenated alkanes) is 1. The molecule has 28 heavy (non-hydrogen) atoms. The minimum absolute atomic E-state index is 0.0759. The van der Waals surface area contributed by atoms with Gasteiger partial charge in [0.25, 0.3) is 5.91 Å². The van der Waals surface area contributed by atoms with Crippen LogP contribution in [-0.4, -0.2) is 17.5 Å². The van der Waals surface area contributed by atoms with Crippen LogP contribution in [0.15, 0.2) is 42.5 Å². The molecule has 0 aliphatic heterocycles. The molecular weight excluding hydrogens is 362 g/mol. The van der Waals surface area contributed by atoms with Gasteiger partial charge in [-0.2, -0.15) is 0 Å². The van der Waals surface area contributed by atoms with E-state index < -0.39 is 23.3 Å². The summed E-state index contributed by atoms with van der Waals surface area (Å²) in [4.78, 5) is 16.9. The number of aromatic nitrogens is 1. The van der Waals surface area contributed by atoms with Gasteiger partial charge in [-0.1, -0.05) is 6.07 Å². The Morgan fingerprint density at radius 2 is 2.04 bits per heavy atom. The van der Waals surface area contributed by atoms with Gasteiger partial charge in [0, 0.05) is 23.1 Å². The molecule has 1 amide bonds. The predicted octanol–water partition coefficient (Wildman–Crippen LogP) is 4.87. The Hall–Kier alpha value is -3.46. The molecule has 3 rings (SSSR count). The van der Waals surface area contributed by atoms with Crippen molar-refractivity contribution in [3.8, 4) is 18.1 Å². The summed E-state index contributed by atoms with van der Waals surface area (Å²) in [5.74, 6) is -0.440. The highest BCUT2D eigenvalue weighted by Gasteiger charge is 2.17. The monoisotopic (exact) mass is 380 g/mol. The standard InChI is InChI=1S/C22H18F2N2O2/c1-3-4-5-12-28-21-17(23)9-11-19(20(21)24)26-22(27)16-8-10-18-15(13-16)7-6-14(2)25-18/h1,6-11,13H,4-5,12H2,2H3,(H,26,27). The number of carbonyl (C=O) groups excluding carboxylic acids is 1. The van der Waals surface area contributed by atoms with E-state index in [0.29, 0.717) is 18.4 Å². The Morgan fingerprint density at radius 3 is 2.82 bits per heavy atom. The van der Waals surface area contributed by atoms with Crippen LogP contribution in [0, 0.1) is 30.9 Å². The lowest BCUT2D eigenvalue weighted by atomic mass is 10.1. The van der Waals surface area contributed by atoms with Crippen molar-refractivity contribution in [3.63, 3.8) is 0 Å². The molecule has 3 aromatic rings. The summed E-state index contributed by atoms with van der Waals surface area (Å²) in [6.45, 7) is 1.95. The molecule has 0 fully saturated rings. The Morgan fingerprint density at radius 1 is 1.21 bits per heavy atom. The van der Waals surface area contributed by atoms with Gasteiger partial charge < -0.3 is 10.1 Å². The number of terminal acetylenes is 1. The molecule has 4 nitrogen and oxygen atoms in total. The summed E-state index contributed by atoms with van der Waals surface area (Å²) < 4.78 is 33.6. The van der Waals surface area contributed by atoms with Gasteiger partial charge in [-0.3, -0.25) is 9.78 Å². The van der Waals surface area contributed by atoms with Crippen molar-refractivity contribution < 1.29 is 18.3 Å². The molecule has 2 aromatic carbocycles. The van der Waals surface area contributed by atoms with Crippen molar-refractivity contribution in [2.45, 2.75) is 19.8 Å². The molecule has 0 saturated carbocycles. The van der Waals surface area contributed by atoms with Crippen molar-refractivity contribution in [1.29, 1.82) is 0 Å². The zero-order chi connectivity index (χ0) is 20.1. The minimum atomic E-state index is -0.966. The summed E-state index contributed by atoms with van der Waals surface area (Å²) in [5, 5.41) is 3.25. The first-order valence-electron chi connectivity index (χ1n) is 8.72. The van der Waals surface area contributed by atoms with Gasteiger partial charge in [0.15, 0.2) is 17.4 Å². The van der Waals surface area contributed by atoms with Gasteiger partial charge in [-0.05, 0) is 49.7 Å². The largest absolute Gasteiger partial charge is 0.488 e. The number of aryl methyl sites for hydroxylation is 1. The number of ether oxygens (including phenoxy) is 1. The number of halogens is 2. The number of benzene rings is 2. The van der Waals surface area contributed by atoms with Gasteiger partial charge in [0.05, 0.1) is 17.8 Å². The molecule has 0 radical (unpaired) electrons. The quantitative estimate of drug-likeness (QED) is 0.491. The van der Waals surface area contributed by atoms with E-state index in [9.17, 15) is 13.6 Å². The number of hydrogen-bond donors (Lipinski definition) is 1. The highest BCUT2D eigenvalue weighted by Crippen LogP contribution is 2.28. The molecule has 1 heterocycles. The Labute approximate surface area is 161 Å². The molecule has 1 N–H and O–H groups in total. The van der Waals surface area contributed by atoms with E-state index >= 15 is 0 Å². The van der Waals surface area contributed by atoms with Crippen LogP contribution in [-0.2, 0) is 0 Å². The third kappa shape index (κ3) is 4.26. The Kier molecular flexibility index (Phi) is 5.85. The van der Waals surface area contributed by atoms with Crippen molar-refractivity contribution in [1.82, 2.24) is 4.98 Å². The molecule has 0 aliphatic carbocycles. The topological polar surface area (TPSA) is 51.2 Å². The maximum atomic E-state index is 14.6.